The van der Waals surface area contributed by atoms with E-state index in [1.807, 2.05) is 0 Å². The lowest BCUT2D eigenvalue weighted by molar-refractivity contribution is -0.105. The molecular weight excluding hydrogens is 146 g/mol. The molecule has 1 aromatic rings. The van der Waals surface area contributed by atoms with Crippen LogP contribution in [-0.4, -0.2) is 22.2 Å². The Morgan fingerprint density at radius 1 is 1.91 bits per heavy atom. The average Bonchev–Trinajstić information content (AvgIpc) is 2.36. The predicted octanol–water partition coefficient (Wildman–Crippen LogP) is -0.738. The first-order valence-corrected chi connectivity index (χ1v) is 2.83. The molecule has 0 aromatic carbocycles. The average molecular weight is 153 g/mol. The van der Waals surface area contributed by atoms with Gasteiger partial charge in [-0.2, -0.15) is 0 Å². The molecule has 6 heteroatoms. The number of nitrogens with two attached hydrogens (primary N) is 1. The van der Waals surface area contributed by atoms with Gasteiger partial charge in [-0.3, -0.25) is 10.2 Å². The maximum absolute atomic E-state index is 9.97. The SMILES string of the molecule is N=C(N)c1[nH]cnc1NC=O. The first-order chi connectivity index (χ1) is 5.25. The summed E-state index contributed by atoms with van der Waals surface area (Å²) in [5, 5.41) is 9.32. The summed E-state index contributed by atoms with van der Waals surface area (Å²) in [5.41, 5.74) is 5.46. The Morgan fingerprint density at radius 3 is 3.18 bits per heavy atom. The quantitative estimate of drug-likeness (QED) is 0.261. The van der Waals surface area contributed by atoms with E-state index in [9.17, 15) is 4.79 Å². The Labute approximate surface area is 62.3 Å². The van der Waals surface area contributed by atoms with Gasteiger partial charge in [-0.1, -0.05) is 0 Å². The van der Waals surface area contributed by atoms with Crippen LogP contribution in [-0.2, 0) is 4.79 Å². The van der Waals surface area contributed by atoms with E-state index >= 15 is 0 Å². The van der Waals surface area contributed by atoms with Crippen molar-refractivity contribution in [2.24, 2.45) is 5.73 Å². The zero-order valence-corrected chi connectivity index (χ0v) is 5.59. The molecule has 0 aliphatic rings. The maximum atomic E-state index is 9.97. The van der Waals surface area contributed by atoms with Crippen LogP contribution in [0.15, 0.2) is 6.33 Å². The third kappa shape index (κ3) is 1.34. The monoisotopic (exact) mass is 153 g/mol. The number of imidazole rings is 1. The lowest BCUT2D eigenvalue weighted by atomic mass is 10.4. The number of aromatic amines is 1. The molecule has 6 nitrogen and oxygen atoms in total. The number of aromatic nitrogens is 2. The molecule has 0 radical (unpaired) electrons. The van der Waals surface area contributed by atoms with Gasteiger partial charge < -0.3 is 16.0 Å². The zero-order chi connectivity index (χ0) is 8.27. The second-order valence-electron chi connectivity index (χ2n) is 1.80. The van der Waals surface area contributed by atoms with E-state index in [-0.39, 0.29) is 11.7 Å². The molecule has 1 heterocycles. The van der Waals surface area contributed by atoms with Gasteiger partial charge >= 0.3 is 0 Å². The number of hydrogen-bond donors (Lipinski definition) is 4. The number of carbonyl (C=O) groups is 1. The van der Waals surface area contributed by atoms with Gasteiger partial charge in [0.1, 0.15) is 11.5 Å². The van der Waals surface area contributed by atoms with Gasteiger partial charge in [-0.25, -0.2) is 4.98 Å². The molecule has 0 spiro atoms. The fraction of sp³-hybridized carbons (Fsp3) is 0. The van der Waals surface area contributed by atoms with Crippen LogP contribution in [0.4, 0.5) is 5.82 Å². The number of hydrogen-bond acceptors (Lipinski definition) is 3. The highest BCUT2D eigenvalue weighted by Gasteiger charge is 2.05. The molecule has 0 saturated carbocycles. The Hall–Kier alpha value is -1.85. The van der Waals surface area contributed by atoms with E-state index in [1.54, 1.807) is 0 Å². The van der Waals surface area contributed by atoms with Gasteiger partial charge in [0.15, 0.2) is 5.82 Å². The number of nitrogens with one attached hydrogen (secondary N) is 3. The number of H-pyrrole nitrogens is 1. The number of rotatable bonds is 3. The Balaban J connectivity index is 2.95. The molecule has 0 atom stereocenters. The smallest absolute Gasteiger partial charge is 0.212 e. The second-order valence-corrected chi connectivity index (χ2v) is 1.80. The van der Waals surface area contributed by atoms with Crippen LogP contribution in [0.1, 0.15) is 5.69 Å². The molecule has 11 heavy (non-hydrogen) atoms. The highest BCUT2D eigenvalue weighted by Crippen LogP contribution is 2.05. The molecule has 0 unspecified atom stereocenters. The molecule has 0 aliphatic heterocycles. The van der Waals surface area contributed by atoms with Crippen LogP contribution in [0, 0.1) is 5.41 Å². The minimum atomic E-state index is -0.160. The highest BCUT2D eigenvalue weighted by atomic mass is 16.1. The van der Waals surface area contributed by atoms with Gasteiger partial charge in [-0.15, -0.1) is 0 Å². The summed E-state index contributed by atoms with van der Waals surface area (Å²) < 4.78 is 0. The zero-order valence-electron chi connectivity index (χ0n) is 5.59. The van der Waals surface area contributed by atoms with E-state index in [4.69, 9.17) is 11.1 Å². The molecule has 1 aromatic heterocycles. The summed E-state index contributed by atoms with van der Waals surface area (Å²) in [6, 6.07) is 0. The van der Waals surface area contributed by atoms with Crippen molar-refractivity contribution >= 4 is 18.1 Å². The van der Waals surface area contributed by atoms with Crippen molar-refractivity contribution in [1.82, 2.24) is 9.97 Å². The number of amidine groups is 1. The predicted molar refractivity (Wildman–Crippen MR) is 39.3 cm³/mol. The molecule has 58 valence electrons. The van der Waals surface area contributed by atoms with Crippen LogP contribution in [0.5, 0.6) is 0 Å². The highest BCUT2D eigenvalue weighted by molar-refractivity contribution is 5.98. The molecular formula is C5H7N5O. The minimum Gasteiger partial charge on any atom is -0.382 e. The van der Waals surface area contributed by atoms with Crippen molar-refractivity contribution in [3.8, 4) is 0 Å². The maximum Gasteiger partial charge on any atom is 0.212 e. The summed E-state index contributed by atoms with van der Waals surface area (Å²) in [5.74, 6) is 0.111. The normalized spacial score (nSPS) is 9.09. The standard InChI is InChI=1S/C5H7N5O/c6-4(7)3-5(10-2-11)9-1-8-3/h1-2H,(H3,6,7)(H,8,9)(H,10,11). The summed E-state index contributed by atoms with van der Waals surface area (Å²) in [7, 11) is 0. The van der Waals surface area contributed by atoms with E-state index in [2.05, 4.69) is 15.3 Å². The van der Waals surface area contributed by atoms with Crippen molar-refractivity contribution in [3.63, 3.8) is 0 Å². The van der Waals surface area contributed by atoms with E-state index in [1.165, 1.54) is 6.33 Å². The molecule has 1 rings (SSSR count). The first kappa shape index (κ1) is 7.26. The van der Waals surface area contributed by atoms with Crippen molar-refractivity contribution in [2.75, 3.05) is 5.32 Å². The van der Waals surface area contributed by atoms with Crippen molar-refractivity contribution in [2.45, 2.75) is 0 Å². The van der Waals surface area contributed by atoms with E-state index in [0.29, 0.717) is 12.1 Å². The lowest BCUT2D eigenvalue weighted by Gasteiger charge is -1.95. The third-order valence-corrected chi connectivity index (χ3v) is 1.10. The minimum absolute atomic E-state index is 0.160. The fourth-order valence-electron chi connectivity index (χ4n) is 0.665. The summed E-state index contributed by atoms with van der Waals surface area (Å²) in [6.07, 6.45) is 1.82. The Bertz CT molecular complexity index is 278. The van der Waals surface area contributed by atoms with Crippen molar-refractivity contribution in [3.05, 3.63) is 12.0 Å². The van der Waals surface area contributed by atoms with Gasteiger partial charge in [-0.05, 0) is 0 Å². The molecule has 0 aliphatic carbocycles. The summed E-state index contributed by atoms with van der Waals surface area (Å²) in [4.78, 5) is 16.3. The lowest BCUT2D eigenvalue weighted by Crippen LogP contribution is -2.14. The van der Waals surface area contributed by atoms with Crippen LogP contribution >= 0.6 is 0 Å². The summed E-state index contributed by atoms with van der Waals surface area (Å²) >= 11 is 0. The molecule has 0 bridgehead atoms. The molecule has 5 N–H and O–H groups in total. The molecule has 0 saturated heterocycles. The van der Waals surface area contributed by atoms with Crippen molar-refractivity contribution in [1.29, 1.82) is 5.41 Å². The van der Waals surface area contributed by atoms with Crippen molar-refractivity contribution < 1.29 is 4.79 Å². The first-order valence-electron chi connectivity index (χ1n) is 2.83. The van der Waals surface area contributed by atoms with Crippen LogP contribution < -0.4 is 11.1 Å². The van der Waals surface area contributed by atoms with Crippen LogP contribution in [0.3, 0.4) is 0 Å². The van der Waals surface area contributed by atoms with E-state index in [0.717, 1.165) is 0 Å². The Kier molecular flexibility index (Phi) is 1.86. The number of carbonyl (C=O) groups excluding carboxylic acids is 1. The van der Waals surface area contributed by atoms with Crippen LogP contribution in [0.25, 0.3) is 0 Å². The Morgan fingerprint density at radius 2 is 2.64 bits per heavy atom. The second kappa shape index (κ2) is 2.82. The topological polar surface area (TPSA) is 108 Å². The largest absolute Gasteiger partial charge is 0.382 e. The number of nitrogens with zero attached hydrogens (tertiary/aromatic N) is 1. The number of nitrogen functional groups attached to an aromatic ring is 1. The van der Waals surface area contributed by atoms with Gasteiger partial charge in [0, 0.05) is 0 Å². The molecule has 1 amide bonds. The van der Waals surface area contributed by atoms with Gasteiger partial charge in [0.25, 0.3) is 0 Å². The number of anilines is 1. The number of amides is 1. The third-order valence-electron chi connectivity index (χ3n) is 1.10. The van der Waals surface area contributed by atoms with Gasteiger partial charge in [0.05, 0.1) is 6.33 Å². The summed E-state index contributed by atoms with van der Waals surface area (Å²) in [6.45, 7) is 0. The fourth-order valence-corrected chi connectivity index (χ4v) is 0.665. The van der Waals surface area contributed by atoms with Crippen LogP contribution in [0.2, 0.25) is 0 Å². The van der Waals surface area contributed by atoms with E-state index < -0.39 is 0 Å². The van der Waals surface area contributed by atoms with Gasteiger partial charge in [0.2, 0.25) is 6.41 Å². The molecule has 0 fully saturated rings.